The Balaban J connectivity index is 0. The molecule has 0 unspecified atom stereocenters. The molecule has 31 heavy (non-hydrogen) atoms. The summed E-state index contributed by atoms with van der Waals surface area (Å²) in [5.74, 6) is -1.92. The largest absolute Gasteiger partial charge is 0.466 e. The summed E-state index contributed by atoms with van der Waals surface area (Å²) < 4.78 is 42.3. The normalized spacial score (nSPS) is 12.1. The molecule has 0 aliphatic carbocycles. The zero-order valence-electron chi connectivity index (χ0n) is 19.6. The van der Waals surface area contributed by atoms with E-state index < -0.39 is 33.7 Å². The summed E-state index contributed by atoms with van der Waals surface area (Å²) in [4.78, 5) is 23.9. The van der Waals surface area contributed by atoms with Crippen molar-refractivity contribution in [3.8, 4) is 0 Å². The Morgan fingerprint density at radius 1 is 0.710 bits per heavy atom. The van der Waals surface area contributed by atoms with Crippen LogP contribution in [0, 0.1) is 0 Å². The van der Waals surface area contributed by atoms with Gasteiger partial charge < -0.3 is 15.6 Å². The lowest BCUT2D eigenvalue weighted by Gasteiger charge is -2.13. The molecule has 8 nitrogen and oxygen atoms in total. The predicted molar refractivity (Wildman–Crippen MR) is 123 cm³/mol. The molecule has 0 saturated heterocycles. The number of rotatable bonds is 20. The summed E-state index contributed by atoms with van der Waals surface area (Å²) >= 11 is 0. The molecule has 0 aromatic heterocycles. The lowest BCUT2D eigenvalue weighted by molar-refractivity contribution is -0.150. The number of carbonyl (C=O) groups excluding carboxylic acids is 2. The second-order valence-electron chi connectivity index (χ2n) is 7.84. The van der Waals surface area contributed by atoms with Gasteiger partial charge in [0, 0.05) is 0 Å². The first-order chi connectivity index (χ1) is 14.3. The van der Waals surface area contributed by atoms with E-state index >= 15 is 0 Å². The number of carbonyl (C=O) groups is 2. The van der Waals surface area contributed by atoms with E-state index in [9.17, 15) is 22.6 Å². The molecule has 0 fully saturated rings. The second-order valence-corrected chi connectivity index (χ2v) is 9.44. The minimum Gasteiger partial charge on any atom is -0.466 e. The van der Waals surface area contributed by atoms with Gasteiger partial charge in [-0.2, -0.15) is 8.42 Å². The van der Waals surface area contributed by atoms with Gasteiger partial charge in [-0.05, 0) is 12.8 Å². The molecule has 186 valence electrons. The van der Waals surface area contributed by atoms with Crippen LogP contribution in [0.15, 0.2) is 0 Å². The molecular weight excluding hydrogens is 422 g/mol. The van der Waals surface area contributed by atoms with E-state index in [4.69, 9.17) is 9.47 Å². The summed E-state index contributed by atoms with van der Waals surface area (Å²) in [6.07, 6.45) is 14.0. The number of hydrogen-bond donors (Lipinski definition) is 2. The van der Waals surface area contributed by atoms with Crippen LogP contribution >= 0.6 is 0 Å². The van der Waals surface area contributed by atoms with Crippen molar-refractivity contribution in [2.75, 3.05) is 13.2 Å². The molecule has 0 saturated carbocycles. The fourth-order valence-corrected chi connectivity index (χ4v) is 3.75. The van der Waals surface area contributed by atoms with Crippen LogP contribution in [0.25, 0.3) is 0 Å². The maximum atomic E-state index is 12.0. The molecule has 0 radical (unpaired) electrons. The van der Waals surface area contributed by atoms with Gasteiger partial charge in [0.2, 0.25) is 0 Å². The Morgan fingerprint density at radius 2 is 1.10 bits per heavy atom. The Bertz CT molecular complexity index is 552. The van der Waals surface area contributed by atoms with Gasteiger partial charge in [0.25, 0.3) is 10.1 Å². The molecule has 1 atom stereocenters. The second kappa shape index (κ2) is 20.7. The van der Waals surface area contributed by atoms with E-state index in [2.05, 4.69) is 13.8 Å². The third kappa shape index (κ3) is 19.2. The number of ether oxygens (including phenoxy) is 2. The zero-order chi connectivity index (χ0) is 22.7. The Labute approximate surface area is 189 Å². The van der Waals surface area contributed by atoms with Crippen molar-refractivity contribution in [2.45, 2.75) is 115 Å². The van der Waals surface area contributed by atoms with Crippen LogP contribution in [-0.4, -0.2) is 43.4 Å². The number of unbranched alkanes of at least 4 members (excludes halogenated alkanes) is 12. The molecule has 0 spiro atoms. The summed E-state index contributed by atoms with van der Waals surface area (Å²) in [5, 5.41) is -1.93. The zero-order valence-corrected chi connectivity index (χ0v) is 20.4. The van der Waals surface area contributed by atoms with E-state index in [0.717, 1.165) is 38.5 Å². The van der Waals surface area contributed by atoms with Gasteiger partial charge in [0.1, 0.15) is 0 Å². The quantitative estimate of drug-likeness (QED) is 0.138. The van der Waals surface area contributed by atoms with Crippen LogP contribution in [0.2, 0.25) is 0 Å². The fraction of sp³-hybridized carbons (Fsp3) is 0.909. The number of hydrogen-bond acceptors (Lipinski definition) is 7. The van der Waals surface area contributed by atoms with Crippen molar-refractivity contribution >= 4 is 22.1 Å². The van der Waals surface area contributed by atoms with Crippen LogP contribution in [0.1, 0.15) is 110 Å². The first kappa shape index (κ1) is 32.0. The molecular formula is C22H45NO7S. The molecule has 0 heterocycles. The molecule has 0 aliphatic heterocycles. The summed E-state index contributed by atoms with van der Waals surface area (Å²) in [7, 11) is -4.74. The third-order valence-electron chi connectivity index (χ3n) is 4.98. The molecule has 0 aliphatic rings. The van der Waals surface area contributed by atoms with Gasteiger partial charge in [0.15, 0.2) is 5.25 Å². The lowest BCUT2D eigenvalue weighted by Crippen LogP contribution is -2.34. The molecule has 0 bridgehead atoms. The highest BCUT2D eigenvalue weighted by atomic mass is 32.2. The van der Waals surface area contributed by atoms with Crippen molar-refractivity contribution in [2.24, 2.45) is 0 Å². The third-order valence-corrected chi connectivity index (χ3v) is 6.06. The van der Waals surface area contributed by atoms with Crippen molar-refractivity contribution in [3.05, 3.63) is 0 Å². The average molecular weight is 468 g/mol. The number of esters is 2. The summed E-state index contributed by atoms with van der Waals surface area (Å²) in [6, 6.07) is 0. The molecule has 0 amide bonds. The highest BCUT2D eigenvalue weighted by Gasteiger charge is 2.35. The minimum atomic E-state index is -4.74. The molecule has 4 N–H and O–H groups in total. The molecule has 0 aromatic carbocycles. The Hall–Kier alpha value is -1.19. The van der Waals surface area contributed by atoms with Gasteiger partial charge in [-0.3, -0.25) is 14.1 Å². The highest BCUT2D eigenvalue weighted by Crippen LogP contribution is 2.12. The highest BCUT2D eigenvalue weighted by molar-refractivity contribution is 7.87. The van der Waals surface area contributed by atoms with Crippen LogP contribution in [0.5, 0.6) is 0 Å². The lowest BCUT2D eigenvalue weighted by atomic mass is 10.1. The van der Waals surface area contributed by atoms with Crippen LogP contribution in [-0.2, 0) is 29.2 Å². The van der Waals surface area contributed by atoms with E-state index in [-0.39, 0.29) is 19.4 Å². The monoisotopic (exact) mass is 467 g/mol. The molecule has 0 rings (SSSR count). The van der Waals surface area contributed by atoms with Crippen molar-refractivity contribution < 1.29 is 32.0 Å². The Morgan fingerprint density at radius 3 is 1.52 bits per heavy atom. The van der Waals surface area contributed by atoms with E-state index in [1.54, 1.807) is 0 Å². The first-order valence-electron chi connectivity index (χ1n) is 11.6. The smallest absolute Gasteiger partial charge is 0.327 e. The van der Waals surface area contributed by atoms with Gasteiger partial charge in [-0.1, -0.05) is 90.9 Å². The van der Waals surface area contributed by atoms with E-state index in [1.807, 2.05) is 0 Å². The standard InChI is InChI=1S/C22H42O7S.H3N/c1-3-5-7-9-11-13-15-17-28-21(23)19-20(30(25,26)27)22(24)29-18-16-14-12-10-8-6-4-2;/h20H,3-19H2,1-2H3,(H,25,26,27);1H3/t20-;/m1./s1. The summed E-state index contributed by atoms with van der Waals surface area (Å²) in [6.45, 7) is 4.56. The van der Waals surface area contributed by atoms with Gasteiger partial charge in [-0.15, -0.1) is 0 Å². The van der Waals surface area contributed by atoms with Crippen molar-refractivity contribution in [1.82, 2.24) is 6.15 Å². The Kier molecular flexibility index (Phi) is 21.4. The van der Waals surface area contributed by atoms with E-state index in [1.165, 1.54) is 38.5 Å². The van der Waals surface area contributed by atoms with Gasteiger partial charge in [-0.25, -0.2) is 0 Å². The van der Waals surface area contributed by atoms with Crippen molar-refractivity contribution in [3.63, 3.8) is 0 Å². The maximum Gasteiger partial charge on any atom is 0.327 e. The van der Waals surface area contributed by atoms with E-state index in [0.29, 0.717) is 12.8 Å². The SMILES string of the molecule is CCCCCCCCCOC(=O)C[C@H](C(=O)OCCCCCCCCC)S(=O)(=O)O.N. The minimum absolute atomic E-state index is 0. The van der Waals surface area contributed by atoms with Crippen LogP contribution in [0.4, 0.5) is 0 Å². The topological polar surface area (TPSA) is 142 Å². The fourth-order valence-electron chi connectivity index (χ4n) is 3.09. The van der Waals surface area contributed by atoms with Crippen LogP contribution in [0.3, 0.4) is 0 Å². The molecule has 9 heteroatoms. The van der Waals surface area contributed by atoms with Crippen molar-refractivity contribution in [1.29, 1.82) is 0 Å². The molecule has 0 aromatic rings. The maximum absolute atomic E-state index is 12.0. The predicted octanol–water partition coefficient (Wildman–Crippen LogP) is 5.38. The summed E-state index contributed by atoms with van der Waals surface area (Å²) in [5.41, 5.74) is 0. The van der Waals surface area contributed by atoms with Crippen LogP contribution < -0.4 is 6.15 Å². The average Bonchev–Trinajstić information content (AvgIpc) is 2.69. The van der Waals surface area contributed by atoms with Gasteiger partial charge in [0.05, 0.1) is 19.6 Å². The first-order valence-corrected chi connectivity index (χ1v) is 13.1. The van der Waals surface area contributed by atoms with Gasteiger partial charge >= 0.3 is 11.9 Å².